The van der Waals surface area contributed by atoms with E-state index in [2.05, 4.69) is 20.8 Å². The van der Waals surface area contributed by atoms with E-state index < -0.39 is 12.0 Å². The molecule has 2 aromatic rings. The van der Waals surface area contributed by atoms with Gasteiger partial charge in [0.2, 0.25) is 11.0 Å². The van der Waals surface area contributed by atoms with Crippen molar-refractivity contribution in [1.29, 1.82) is 0 Å². The van der Waals surface area contributed by atoms with Gasteiger partial charge in [-0.25, -0.2) is 4.79 Å². The molecule has 152 valence electrons. The summed E-state index contributed by atoms with van der Waals surface area (Å²) in [5, 5.41) is 15.0. The first-order valence-corrected chi connectivity index (χ1v) is 10.8. The Morgan fingerprint density at radius 3 is 2.54 bits per heavy atom. The zero-order valence-electron chi connectivity index (χ0n) is 16.7. The molecule has 0 saturated heterocycles. The Hall–Kier alpha value is -2.13. The van der Waals surface area contributed by atoms with Crippen molar-refractivity contribution < 1.29 is 14.3 Å². The number of benzene rings is 1. The average Bonchev–Trinajstić information content (AvgIpc) is 3.13. The van der Waals surface area contributed by atoms with E-state index >= 15 is 0 Å². The highest BCUT2D eigenvalue weighted by molar-refractivity contribution is 8.01. The van der Waals surface area contributed by atoms with Crippen LogP contribution in [0.1, 0.15) is 31.4 Å². The molecule has 0 radical (unpaired) electrons. The van der Waals surface area contributed by atoms with Gasteiger partial charge in [0, 0.05) is 5.69 Å². The highest BCUT2D eigenvalue weighted by Crippen LogP contribution is 2.30. The molecule has 1 aromatic heterocycles. The van der Waals surface area contributed by atoms with Crippen LogP contribution < -0.4 is 10.6 Å². The summed E-state index contributed by atoms with van der Waals surface area (Å²) < 4.78 is 5.47. The number of para-hydroxylation sites is 1. The molecule has 9 heteroatoms. The Labute approximate surface area is 173 Å². The maximum atomic E-state index is 12.3. The molecule has 2 rings (SSSR count). The average molecular weight is 423 g/mol. The minimum absolute atomic E-state index is 0.00363. The predicted molar refractivity (Wildman–Crippen MR) is 113 cm³/mol. The number of carbonyl (C=O) groups excluding carboxylic acids is 2. The lowest BCUT2D eigenvalue weighted by Gasteiger charge is -2.21. The van der Waals surface area contributed by atoms with Gasteiger partial charge in [0.1, 0.15) is 6.04 Å². The van der Waals surface area contributed by atoms with E-state index in [1.165, 1.54) is 30.2 Å². The number of nitrogens with zero attached hydrogens (tertiary/aromatic N) is 2. The fraction of sp³-hybridized carbons (Fsp3) is 0.474. The van der Waals surface area contributed by atoms with Crippen LogP contribution in [-0.2, 0) is 14.3 Å². The van der Waals surface area contributed by atoms with Gasteiger partial charge in [-0.1, -0.05) is 61.6 Å². The van der Waals surface area contributed by atoms with Crippen molar-refractivity contribution >= 4 is 45.8 Å². The van der Waals surface area contributed by atoms with Crippen LogP contribution in [0.3, 0.4) is 0 Å². The van der Waals surface area contributed by atoms with Crippen LogP contribution in [0.25, 0.3) is 0 Å². The molecule has 1 heterocycles. The quantitative estimate of drug-likeness (QED) is 0.470. The van der Waals surface area contributed by atoms with Crippen LogP contribution in [-0.4, -0.2) is 41.0 Å². The Morgan fingerprint density at radius 1 is 1.25 bits per heavy atom. The third-order valence-corrected chi connectivity index (χ3v) is 6.40. The molecule has 7 nitrogen and oxygen atoms in total. The topological polar surface area (TPSA) is 93.2 Å². The molecule has 28 heavy (non-hydrogen) atoms. The normalized spacial score (nSPS) is 12.9. The van der Waals surface area contributed by atoms with Gasteiger partial charge in [-0.15, -0.1) is 10.2 Å². The fourth-order valence-corrected chi connectivity index (χ4v) is 4.14. The second kappa shape index (κ2) is 10.4. The number of esters is 1. The first-order chi connectivity index (χ1) is 13.3. The molecular formula is C19H26N4O3S2. The summed E-state index contributed by atoms with van der Waals surface area (Å²) in [6.45, 7) is 7.94. The van der Waals surface area contributed by atoms with Crippen molar-refractivity contribution in [2.75, 3.05) is 18.2 Å². The number of methoxy groups -OCH3 is 1. The molecule has 2 N–H and O–H groups in total. The fourth-order valence-electron chi connectivity index (χ4n) is 2.58. The minimum Gasteiger partial charge on any atom is -0.467 e. The summed E-state index contributed by atoms with van der Waals surface area (Å²) in [6.07, 6.45) is 0.761. The van der Waals surface area contributed by atoms with Crippen LogP contribution in [0.15, 0.2) is 22.5 Å². The molecule has 0 unspecified atom stereocenters. The van der Waals surface area contributed by atoms with E-state index in [9.17, 15) is 9.59 Å². The summed E-state index contributed by atoms with van der Waals surface area (Å²) in [7, 11) is 1.32. The number of rotatable bonds is 9. The van der Waals surface area contributed by atoms with Gasteiger partial charge >= 0.3 is 5.97 Å². The molecule has 0 aliphatic rings. The monoisotopic (exact) mass is 422 g/mol. The molecule has 2 atom stereocenters. The Balaban J connectivity index is 1.93. The van der Waals surface area contributed by atoms with Gasteiger partial charge in [-0.05, 0) is 30.9 Å². The lowest BCUT2D eigenvalue weighted by atomic mass is 9.99. The summed E-state index contributed by atoms with van der Waals surface area (Å²) in [5.74, 6) is -0.512. The van der Waals surface area contributed by atoms with Crippen LogP contribution in [0, 0.1) is 19.8 Å². The summed E-state index contributed by atoms with van der Waals surface area (Å²) in [4.78, 5) is 24.1. The SMILES string of the molecule is CC[C@@H](C)[C@H](NC(=O)CSc1nnc(Nc2c(C)cccc2C)s1)C(=O)OC. The molecular weight excluding hydrogens is 396 g/mol. The van der Waals surface area contributed by atoms with E-state index in [1.807, 2.05) is 45.9 Å². The molecule has 0 spiro atoms. The van der Waals surface area contributed by atoms with Crippen LogP contribution in [0.4, 0.5) is 10.8 Å². The van der Waals surface area contributed by atoms with E-state index in [0.717, 1.165) is 23.2 Å². The Bertz CT molecular complexity index is 805. The van der Waals surface area contributed by atoms with Gasteiger partial charge in [0.05, 0.1) is 12.9 Å². The van der Waals surface area contributed by atoms with Gasteiger partial charge < -0.3 is 15.4 Å². The molecule has 0 saturated carbocycles. The number of nitrogens with one attached hydrogen (secondary N) is 2. The van der Waals surface area contributed by atoms with Crippen LogP contribution >= 0.6 is 23.1 Å². The third-order valence-electron chi connectivity index (χ3n) is 4.43. The number of ether oxygens (including phenoxy) is 1. The number of amides is 1. The van der Waals surface area contributed by atoms with Crippen molar-refractivity contribution in [1.82, 2.24) is 15.5 Å². The number of thioether (sulfide) groups is 1. The van der Waals surface area contributed by atoms with Crippen LogP contribution in [0.5, 0.6) is 0 Å². The maximum Gasteiger partial charge on any atom is 0.328 e. The smallest absolute Gasteiger partial charge is 0.328 e. The highest BCUT2D eigenvalue weighted by Gasteiger charge is 2.26. The van der Waals surface area contributed by atoms with Gasteiger partial charge in [0.25, 0.3) is 0 Å². The predicted octanol–water partition coefficient (Wildman–Crippen LogP) is 3.69. The van der Waals surface area contributed by atoms with E-state index in [4.69, 9.17) is 4.74 Å². The first-order valence-electron chi connectivity index (χ1n) is 9.02. The molecule has 1 amide bonds. The van der Waals surface area contributed by atoms with Crippen molar-refractivity contribution in [2.45, 2.75) is 44.5 Å². The molecule has 0 aliphatic carbocycles. The largest absolute Gasteiger partial charge is 0.467 e. The second-order valence-electron chi connectivity index (χ2n) is 6.51. The molecule has 0 bridgehead atoms. The lowest BCUT2D eigenvalue weighted by Crippen LogP contribution is -2.46. The number of hydrogen-bond donors (Lipinski definition) is 2. The zero-order valence-corrected chi connectivity index (χ0v) is 18.4. The highest BCUT2D eigenvalue weighted by atomic mass is 32.2. The van der Waals surface area contributed by atoms with Crippen molar-refractivity contribution in [3.8, 4) is 0 Å². The Kier molecular flexibility index (Phi) is 8.25. The molecule has 0 fully saturated rings. The standard InChI is InChI=1S/C19H26N4O3S2/c1-6-11(2)16(17(25)26-5)20-14(24)10-27-19-23-22-18(28-19)21-15-12(3)8-7-9-13(15)4/h7-9,11,16H,6,10H2,1-5H3,(H,20,24)(H,21,22)/t11-,16+/m1/s1. The zero-order chi connectivity index (χ0) is 20.7. The van der Waals surface area contributed by atoms with Crippen molar-refractivity contribution in [3.63, 3.8) is 0 Å². The third kappa shape index (κ3) is 5.93. The van der Waals surface area contributed by atoms with Gasteiger partial charge in [0.15, 0.2) is 4.34 Å². The summed E-state index contributed by atoms with van der Waals surface area (Å²) in [6, 6.07) is 5.44. The van der Waals surface area contributed by atoms with E-state index in [-0.39, 0.29) is 17.6 Å². The molecule has 1 aromatic carbocycles. The van der Waals surface area contributed by atoms with Gasteiger partial charge in [-0.2, -0.15) is 0 Å². The lowest BCUT2D eigenvalue weighted by molar-refractivity contribution is -0.146. The van der Waals surface area contributed by atoms with E-state index in [1.54, 1.807) is 0 Å². The first kappa shape index (κ1) is 22.2. The van der Waals surface area contributed by atoms with Crippen LogP contribution in [0.2, 0.25) is 0 Å². The maximum absolute atomic E-state index is 12.3. The summed E-state index contributed by atoms with van der Waals surface area (Å²) in [5.41, 5.74) is 3.27. The number of aryl methyl sites for hydroxylation is 2. The Morgan fingerprint density at radius 2 is 1.93 bits per heavy atom. The minimum atomic E-state index is -0.640. The molecule has 0 aliphatic heterocycles. The van der Waals surface area contributed by atoms with Gasteiger partial charge in [-0.3, -0.25) is 4.79 Å². The number of carbonyl (C=O) groups is 2. The number of anilines is 2. The number of aromatic nitrogens is 2. The van der Waals surface area contributed by atoms with Crippen molar-refractivity contribution in [2.24, 2.45) is 5.92 Å². The number of hydrogen-bond acceptors (Lipinski definition) is 8. The van der Waals surface area contributed by atoms with Crippen molar-refractivity contribution in [3.05, 3.63) is 29.3 Å². The second-order valence-corrected chi connectivity index (χ2v) is 8.71. The van der Waals surface area contributed by atoms with E-state index in [0.29, 0.717) is 9.47 Å². The summed E-state index contributed by atoms with van der Waals surface area (Å²) >= 11 is 2.68.